The van der Waals surface area contributed by atoms with Crippen LogP contribution in [0.15, 0.2) is 16.6 Å². The number of amides is 1. The lowest BCUT2D eigenvalue weighted by Crippen LogP contribution is -2.43. The highest BCUT2D eigenvalue weighted by molar-refractivity contribution is 14.0. The van der Waals surface area contributed by atoms with E-state index in [2.05, 4.69) is 21.7 Å². The quantitative estimate of drug-likeness (QED) is 0.284. The van der Waals surface area contributed by atoms with Crippen LogP contribution in [0.3, 0.4) is 0 Å². The van der Waals surface area contributed by atoms with Crippen LogP contribution in [0, 0.1) is 0 Å². The summed E-state index contributed by atoms with van der Waals surface area (Å²) in [6.45, 7) is 1.10. The van der Waals surface area contributed by atoms with Gasteiger partial charge in [-0.1, -0.05) is 24.5 Å². The first-order valence-electron chi connectivity index (χ1n) is 9.08. The van der Waals surface area contributed by atoms with Crippen molar-refractivity contribution in [2.24, 2.45) is 4.99 Å². The highest BCUT2D eigenvalue weighted by Crippen LogP contribution is 2.19. The van der Waals surface area contributed by atoms with Crippen molar-refractivity contribution in [2.45, 2.75) is 63.8 Å². The topological polar surface area (TPSA) is 56.7 Å². The smallest absolute Gasteiger partial charge is 0.243 e. The van der Waals surface area contributed by atoms with Crippen LogP contribution in [-0.4, -0.2) is 50.0 Å². The summed E-state index contributed by atoms with van der Waals surface area (Å²) in [5.41, 5.74) is 1.56. The first kappa shape index (κ1) is 21.3. The van der Waals surface area contributed by atoms with Gasteiger partial charge in [-0.3, -0.25) is 4.79 Å². The van der Waals surface area contributed by atoms with Crippen molar-refractivity contribution in [1.29, 1.82) is 0 Å². The van der Waals surface area contributed by atoms with Crippen molar-refractivity contribution in [3.63, 3.8) is 0 Å². The lowest BCUT2D eigenvalue weighted by molar-refractivity contribution is -0.127. The normalized spacial score (nSPS) is 18.6. The number of likely N-dealkylation sites (N-methyl/N-ethyl adjacent to an activating group) is 1. The minimum Gasteiger partial charge on any atom is -0.356 e. The molecule has 1 fully saturated rings. The van der Waals surface area contributed by atoms with Gasteiger partial charge in [0.15, 0.2) is 5.96 Å². The summed E-state index contributed by atoms with van der Waals surface area (Å²) in [6, 6.07) is 0.504. The summed E-state index contributed by atoms with van der Waals surface area (Å²) in [6.07, 6.45) is 13.6. The zero-order chi connectivity index (χ0) is 16.5. The van der Waals surface area contributed by atoms with Crippen LogP contribution in [0.4, 0.5) is 0 Å². The molecule has 2 aliphatic carbocycles. The molecule has 0 spiro atoms. The van der Waals surface area contributed by atoms with Crippen molar-refractivity contribution in [3.8, 4) is 0 Å². The van der Waals surface area contributed by atoms with E-state index in [1.54, 1.807) is 24.6 Å². The van der Waals surface area contributed by atoms with Gasteiger partial charge in [0.1, 0.15) is 6.54 Å². The predicted octanol–water partition coefficient (Wildman–Crippen LogP) is 3.06. The highest BCUT2D eigenvalue weighted by Gasteiger charge is 2.16. The number of guanidine groups is 1. The third-order valence-corrected chi connectivity index (χ3v) is 4.69. The average Bonchev–Trinajstić information content (AvgIpc) is 3.06. The fourth-order valence-electron chi connectivity index (χ4n) is 3.18. The first-order chi connectivity index (χ1) is 11.1. The molecule has 2 rings (SSSR count). The predicted molar refractivity (Wildman–Crippen MR) is 111 cm³/mol. The van der Waals surface area contributed by atoms with Gasteiger partial charge in [0.2, 0.25) is 5.91 Å². The standard InChI is InChI=1S/C18H32N4O.HI/c1-22(2)17(23)14-20-18(21-16-10-6-7-11-16)19-13-12-15-8-4-3-5-9-15;/h8,16H,3-7,9-14H2,1-2H3,(H2,19,20,21);1H. The van der Waals surface area contributed by atoms with Crippen LogP contribution in [0.1, 0.15) is 57.8 Å². The molecule has 0 bridgehead atoms. The van der Waals surface area contributed by atoms with E-state index in [4.69, 9.17) is 0 Å². The third-order valence-electron chi connectivity index (χ3n) is 4.69. The number of carbonyl (C=O) groups excluding carboxylic acids is 1. The molecule has 138 valence electrons. The Kier molecular flexibility index (Phi) is 10.4. The maximum absolute atomic E-state index is 11.8. The second kappa shape index (κ2) is 11.7. The van der Waals surface area contributed by atoms with Crippen LogP contribution in [0.2, 0.25) is 0 Å². The number of hydrogen-bond donors (Lipinski definition) is 2. The molecule has 2 N–H and O–H groups in total. The van der Waals surface area contributed by atoms with Gasteiger partial charge in [0.25, 0.3) is 0 Å². The molecule has 0 saturated heterocycles. The Bertz CT molecular complexity index is 442. The Hall–Kier alpha value is -0.790. The monoisotopic (exact) mass is 448 g/mol. The maximum atomic E-state index is 11.8. The molecule has 0 radical (unpaired) electrons. The van der Waals surface area contributed by atoms with Gasteiger partial charge in [0, 0.05) is 26.7 Å². The second-order valence-corrected chi connectivity index (χ2v) is 6.86. The van der Waals surface area contributed by atoms with Crippen molar-refractivity contribution in [2.75, 3.05) is 27.2 Å². The number of nitrogens with one attached hydrogen (secondary N) is 2. The number of rotatable bonds is 6. The van der Waals surface area contributed by atoms with Crippen LogP contribution in [0.5, 0.6) is 0 Å². The average molecular weight is 448 g/mol. The summed E-state index contributed by atoms with van der Waals surface area (Å²) in [7, 11) is 3.54. The number of halogens is 1. The van der Waals surface area contributed by atoms with E-state index < -0.39 is 0 Å². The summed E-state index contributed by atoms with van der Waals surface area (Å²) in [5, 5.41) is 6.91. The van der Waals surface area contributed by atoms with Gasteiger partial charge in [-0.25, -0.2) is 4.99 Å². The first-order valence-corrected chi connectivity index (χ1v) is 9.08. The molecule has 0 aliphatic heterocycles. The van der Waals surface area contributed by atoms with E-state index in [1.165, 1.54) is 51.4 Å². The largest absolute Gasteiger partial charge is 0.356 e. The van der Waals surface area contributed by atoms with E-state index in [9.17, 15) is 4.79 Å². The lowest BCUT2D eigenvalue weighted by atomic mass is 9.97. The van der Waals surface area contributed by atoms with Crippen LogP contribution in [-0.2, 0) is 4.79 Å². The molecule has 24 heavy (non-hydrogen) atoms. The number of hydrogen-bond acceptors (Lipinski definition) is 2. The molecule has 1 saturated carbocycles. The van der Waals surface area contributed by atoms with Gasteiger partial charge >= 0.3 is 0 Å². The maximum Gasteiger partial charge on any atom is 0.243 e. The van der Waals surface area contributed by atoms with Crippen LogP contribution in [0.25, 0.3) is 0 Å². The van der Waals surface area contributed by atoms with Crippen LogP contribution < -0.4 is 10.6 Å². The summed E-state index contributed by atoms with van der Waals surface area (Å²) < 4.78 is 0. The Labute approximate surface area is 163 Å². The SMILES string of the molecule is CN(C)C(=O)CN=C(NCCC1=CCCCC1)NC1CCCC1.I. The molecule has 0 aromatic carbocycles. The molecule has 5 nitrogen and oxygen atoms in total. The second-order valence-electron chi connectivity index (χ2n) is 6.86. The van der Waals surface area contributed by atoms with Gasteiger partial charge in [-0.05, 0) is 44.9 Å². The fraction of sp³-hybridized carbons (Fsp3) is 0.778. The molecule has 6 heteroatoms. The fourth-order valence-corrected chi connectivity index (χ4v) is 3.18. The van der Waals surface area contributed by atoms with E-state index in [1.807, 2.05) is 0 Å². The Morgan fingerprint density at radius 2 is 2.00 bits per heavy atom. The minimum atomic E-state index is 0. The van der Waals surface area contributed by atoms with Gasteiger partial charge in [-0.2, -0.15) is 0 Å². The molecule has 0 unspecified atom stereocenters. The number of nitrogens with zero attached hydrogens (tertiary/aromatic N) is 2. The molecule has 0 aromatic rings. The number of carbonyl (C=O) groups is 1. The minimum absolute atomic E-state index is 0. The van der Waals surface area contributed by atoms with Gasteiger partial charge in [-0.15, -0.1) is 24.0 Å². The zero-order valence-corrected chi connectivity index (χ0v) is 17.5. The van der Waals surface area contributed by atoms with Crippen molar-refractivity contribution in [1.82, 2.24) is 15.5 Å². The lowest BCUT2D eigenvalue weighted by Gasteiger charge is -2.19. The zero-order valence-electron chi connectivity index (χ0n) is 15.1. The number of aliphatic imine (C=N–C) groups is 1. The van der Waals surface area contributed by atoms with E-state index >= 15 is 0 Å². The molecule has 0 aromatic heterocycles. The Morgan fingerprint density at radius 1 is 1.25 bits per heavy atom. The molecule has 0 atom stereocenters. The summed E-state index contributed by atoms with van der Waals surface area (Å²) in [4.78, 5) is 17.8. The Balaban J connectivity index is 0.00000288. The Morgan fingerprint density at radius 3 is 2.62 bits per heavy atom. The third kappa shape index (κ3) is 7.85. The number of allylic oxidation sites excluding steroid dienone is 1. The highest BCUT2D eigenvalue weighted by atomic mass is 127. The van der Waals surface area contributed by atoms with Crippen molar-refractivity contribution >= 4 is 35.8 Å². The molecule has 1 amide bonds. The van der Waals surface area contributed by atoms with E-state index in [0.29, 0.717) is 6.04 Å². The molecular formula is C18H33IN4O. The van der Waals surface area contributed by atoms with E-state index in [0.717, 1.165) is 18.9 Å². The summed E-state index contributed by atoms with van der Waals surface area (Å²) >= 11 is 0. The van der Waals surface area contributed by atoms with Crippen molar-refractivity contribution < 1.29 is 4.79 Å². The molecule has 0 heterocycles. The van der Waals surface area contributed by atoms with E-state index in [-0.39, 0.29) is 36.4 Å². The van der Waals surface area contributed by atoms with Gasteiger partial charge in [0.05, 0.1) is 0 Å². The van der Waals surface area contributed by atoms with Gasteiger partial charge < -0.3 is 15.5 Å². The molecular weight excluding hydrogens is 415 g/mol. The summed E-state index contributed by atoms with van der Waals surface area (Å²) in [5.74, 6) is 0.830. The van der Waals surface area contributed by atoms with Crippen molar-refractivity contribution in [3.05, 3.63) is 11.6 Å². The van der Waals surface area contributed by atoms with Crippen LogP contribution >= 0.6 is 24.0 Å². The molecule has 2 aliphatic rings.